The molecule has 0 bridgehead atoms. The van der Waals surface area contributed by atoms with Crippen molar-refractivity contribution in [1.82, 2.24) is 10.6 Å². The summed E-state index contributed by atoms with van der Waals surface area (Å²) in [6, 6.07) is -3.90. The first kappa shape index (κ1) is 87.3. The summed E-state index contributed by atoms with van der Waals surface area (Å²) >= 11 is 0. The van der Waals surface area contributed by atoms with E-state index in [0.29, 0.717) is 12.8 Å². The second-order valence-electron chi connectivity index (χ2n) is 27.0. The number of primary amides is 3. The zero-order valence-corrected chi connectivity index (χ0v) is 59.4. The van der Waals surface area contributed by atoms with Gasteiger partial charge in [0.2, 0.25) is 23.6 Å². The number of carbonyl (C=O) groups is 6. The smallest absolute Gasteiger partial charge is 0.474 e. The Morgan fingerprint density at radius 3 is 1.80 bits per heavy atom. The third kappa shape index (κ3) is 24.6. The number of ether oxygens (including phenoxy) is 11. The first-order chi connectivity index (χ1) is 47.5. The van der Waals surface area contributed by atoms with E-state index in [1.807, 2.05) is 6.08 Å². The molecule has 5 rings (SSSR count). The second kappa shape index (κ2) is 38.8. The molecule has 5 fully saturated rings. The molecule has 0 aliphatic carbocycles. The normalized spacial score (nSPS) is 36.4. The molecule has 37 nitrogen and oxygen atoms in total. The zero-order valence-electron chi connectivity index (χ0n) is 58.5. The van der Waals surface area contributed by atoms with Gasteiger partial charge < -0.3 is 141 Å². The molecule has 0 aromatic heterocycles. The summed E-state index contributed by atoms with van der Waals surface area (Å²) in [6.45, 7) is 16.9. The van der Waals surface area contributed by atoms with Crippen molar-refractivity contribution in [2.45, 2.75) is 273 Å². The molecule has 0 aromatic carbocycles. The summed E-state index contributed by atoms with van der Waals surface area (Å²) in [5.41, 5.74) is 17.9. The summed E-state index contributed by atoms with van der Waals surface area (Å²) in [6.07, 6.45) is -33.7. The number of hydrogen-bond acceptors (Lipinski definition) is 30. The Morgan fingerprint density at radius 1 is 0.667 bits per heavy atom. The first-order valence-electron chi connectivity index (χ1n) is 33.0. The van der Waals surface area contributed by atoms with Crippen LogP contribution < -0.4 is 27.8 Å². The van der Waals surface area contributed by atoms with Crippen molar-refractivity contribution in [2.24, 2.45) is 22.6 Å². The van der Waals surface area contributed by atoms with Gasteiger partial charge in [-0.05, 0) is 91.9 Å². The van der Waals surface area contributed by atoms with E-state index in [0.717, 1.165) is 64.0 Å². The highest BCUT2D eigenvalue weighted by molar-refractivity contribution is 7.47. The van der Waals surface area contributed by atoms with Crippen molar-refractivity contribution in [3.05, 3.63) is 59.3 Å². The van der Waals surface area contributed by atoms with Crippen LogP contribution in [0.1, 0.15) is 114 Å². The lowest BCUT2D eigenvalue weighted by Crippen LogP contribution is -2.72. The molecule has 27 atom stereocenters. The van der Waals surface area contributed by atoms with Crippen LogP contribution in [0.2, 0.25) is 0 Å². The van der Waals surface area contributed by atoms with Gasteiger partial charge in [-0.1, -0.05) is 73.1 Å². The van der Waals surface area contributed by atoms with E-state index in [-0.39, 0.29) is 12.0 Å². The lowest BCUT2D eigenvalue weighted by atomic mass is 9.85. The third-order valence-electron chi connectivity index (χ3n) is 17.5. The summed E-state index contributed by atoms with van der Waals surface area (Å²) in [5.74, 6) is -6.40. The first-order valence-corrected chi connectivity index (χ1v) is 34.5. The summed E-state index contributed by atoms with van der Waals surface area (Å²) in [7, 11) is -5.82. The molecule has 5 saturated heterocycles. The average Bonchev–Trinajstić information content (AvgIpc) is 0.750. The van der Waals surface area contributed by atoms with Crippen molar-refractivity contribution in [1.29, 1.82) is 0 Å². The summed E-state index contributed by atoms with van der Waals surface area (Å²) in [5, 5.41) is 125. The van der Waals surface area contributed by atoms with E-state index in [4.69, 9.17) is 78.4 Å². The van der Waals surface area contributed by atoms with Crippen LogP contribution >= 0.6 is 7.82 Å². The van der Waals surface area contributed by atoms with E-state index in [1.54, 1.807) is 13.0 Å². The Labute approximate surface area is 589 Å². The number of nitrogens with one attached hydrogen (secondary N) is 2. The van der Waals surface area contributed by atoms with E-state index in [9.17, 15) is 94.4 Å². The van der Waals surface area contributed by atoms with Gasteiger partial charge in [-0.2, -0.15) is 0 Å². The SMILES string of the molecule is C=C(C/C=C(\C)CCC=C(C)C)CCC(C)(C)/C=C/CC/C(C)=C\CO[C@H](COP(=O)(O)O[C@H]1O[C@H](C(N)=O)[C@@](C)(O)[C@H](OC(N)=O)[C@H]1O[C@@H]1O[C@H](CO[C@@H]2O[C@H](CO)[C@@H](O)[C@H](O)[C@H]2O)[C@@H](O[C@@H]2O[C@H](C)[C@@H](O[C@@H]3O[C@H](C(N)=O)[C@H](O)[C@H](O)[C@H]3O)[C@H](O)[C@H]2NC(C)=O)[C@H](O)[C@H]1NC(C)=O)C(=O)O. The Kier molecular flexibility index (Phi) is 33.2. The van der Waals surface area contributed by atoms with Crippen LogP contribution in [-0.4, -0.2) is 282 Å². The number of phosphoric ester groups is 1. The molecule has 102 heavy (non-hydrogen) atoms. The van der Waals surface area contributed by atoms with Crippen molar-refractivity contribution < 1.29 is 156 Å². The van der Waals surface area contributed by atoms with Gasteiger partial charge >= 0.3 is 19.9 Å². The number of carbonyl (C=O) groups excluding carboxylic acids is 5. The highest BCUT2D eigenvalue weighted by Gasteiger charge is 2.62. The second-order valence-corrected chi connectivity index (χ2v) is 28.4. The van der Waals surface area contributed by atoms with Gasteiger partial charge in [-0.15, -0.1) is 0 Å². The van der Waals surface area contributed by atoms with Crippen LogP contribution in [-0.2, 0) is 89.7 Å². The van der Waals surface area contributed by atoms with Gasteiger partial charge in [0.05, 0.1) is 32.5 Å². The standard InChI is InChI=1S/C64H104N5O32P/c1-28(2)15-14-17-29(3)18-19-31(5)20-23-63(9,10)22-13-12-16-30(4)21-24-89-37(56(83)84)27-91-102(87,88)101-61-51(52(100-62(67)85)64(11,86)53(99-61)55(66)82)98-58-39(69-34(8)72)42(75)49(36(94-58)26-90-59-46(79)43(76)40(73)35(25-70)93-59)96-57-38(68-33(7)71)41(74)48(32(6)92-57)95-60-47(80)44(77)45(78)50(97-60)54(65)81/h13,15,18,21-22,32,35-53,57-61,70,73-80,86H,5,12,14,16-17,19-20,23-27H2,1-4,6-11H3,(H2,65,81)(H2,66,82)(H2,67,85)(H,68,71)(H,69,72)(H,83,84)(H,87,88)/b22-13+,29-18+,30-21-/t32-,35-,36-,37-,38-,39-,40-,41-,42-,43+,44+,45-,46-,47-,48-,49-,50+,51-,52-,53-,57+,58+,59-,60-,61-,64+/m1/s1. The molecule has 5 heterocycles. The van der Waals surface area contributed by atoms with Crippen molar-refractivity contribution in [2.75, 3.05) is 26.4 Å². The van der Waals surface area contributed by atoms with Gasteiger partial charge in [0.1, 0.15) is 90.9 Å². The van der Waals surface area contributed by atoms with Gasteiger partial charge in [0, 0.05) is 13.8 Å². The highest BCUT2D eigenvalue weighted by Crippen LogP contribution is 2.49. The maximum absolute atomic E-state index is 14.1. The molecule has 5 aliphatic heterocycles. The molecule has 1 unspecified atom stereocenters. The summed E-state index contributed by atoms with van der Waals surface area (Å²) < 4.78 is 88.3. The van der Waals surface area contributed by atoms with Gasteiger partial charge in [-0.3, -0.25) is 28.2 Å². The fourth-order valence-electron chi connectivity index (χ4n) is 11.7. The van der Waals surface area contributed by atoms with Gasteiger partial charge in [-0.25, -0.2) is 14.2 Å². The fraction of sp³-hybridized carbons (Fsp3) is 0.750. The minimum absolute atomic E-state index is 0.138. The predicted octanol–water partition coefficient (Wildman–Crippen LogP) is -2.79. The number of aliphatic carboxylic acids is 1. The number of aliphatic hydroxyl groups is 10. The van der Waals surface area contributed by atoms with E-state index in [1.165, 1.54) is 18.1 Å². The van der Waals surface area contributed by atoms with Crippen LogP contribution in [0.3, 0.4) is 0 Å². The van der Waals surface area contributed by atoms with Gasteiger partial charge in [0.15, 0.2) is 62.0 Å². The fourth-order valence-corrected chi connectivity index (χ4v) is 12.5. The topological polar surface area (TPSA) is 584 Å². The zero-order chi connectivity index (χ0) is 76.6. The maximum Gasteiger partial charge on any atom is 0.474 e. The molecule has 0 radical (unpaired) electrons. The Morgan fingerprint density at radius 2 is 1.23 bits per heavy atom. The van der Waals surface area contributed by atoms with Crippen molar-refractivity contribution in [3.8, 4) is 0 Å². The van der Waals surface area contributed by atoms with E-state index < -0.39 is 222 Å². The molecular formula is C64H104N5O32P. The van der Waals surface area contributed by atoms with Crippen LogP contribution in [0.5, 0.6) is 0 Å². The van der Waals surface area contributed by atoms with E-state index in [2.05, 4.69) is 70.1 Å². The number of carboxylic acid groups (broad SMARTS) is 1. The molecule has 38 heteroatoms. The number of allylic oxidation sites excluding steroid dienone is 8. The molecule has 582 valence electrons. The predicted molar refractivity (Wildman–Crippen MR) is 349 cm³/mol. The number of aliphatic hydroxyl groups excluding tert-OH is 9. The largest absolute Gasteiger partial charge is 0.479 e. The minimum Gasteiger partial charge on any atom is -0.479 e. The molecule has 5 aliphatic rings. The third-order valence-corrected chi connectivity index (χ3v) is 18.5. The number of nitrogens with two attached hydrogens (primary N) is 3. The molecule has 20 N–H and O–H groups in total. The molecule has 5 amide bonds. The highest BCUT2D eigenvalue weighted by atomic mass is 31.2. The quantitative estimate of drug-likeness (QED) is 0.0223. The number of amides is 5. The molecule has 0 spiro atoms. The minimum atomic E-state index is -5.82. The Hall–Kier alpha value is -5.37. The van der Waals surface area contributed by atoms with Crippen LogP contribution in [0, 0.1) is 5.41 Å². The monoisotopic (exact) mass is 1490 g/mol. The van der Waals surface area contributed by atoms with Crippen molar-refractivity contribution >= 4 is 43.5 Å². The molecule has 0 saturated carbocycles. The van der Waals surface area contributed by atoms with Gasteiger partial charge in [0.25, 0.3) is 0 Å². The molecular weight excluding hydrogens is 1380 g/mol. The lowest BCUT2D eigenvalue weighted by molar-refractivity contribution is -0.375. The van der Waals surface area contributed by atoms with E-state index >= 15 is 0 Å². The maximum atomic E-state index is 14.1. The average molecular weight is 1490 g/mol. The Balaban J connectivity index is 1.41. The number of phosphoric acid groups is 1. The Bertz CT molecular complexity index is 3000. The van der Waals surface area contributed by atoms with Crippen LogP contribution in [0.15, 0.2) is 59.3 Å². The number of hydrogen-bond donors (Lipinski definition) is 17. The molecule has 0 aromatic rings. The van der Waals surface area contributed by atoms with Crippen molar-refractivity contribution in [3.63, 3.8) is 0 Å². The number of carboxylic acids is 1. The summed E-state index contributed by atoms with van der Waals surface area (Å²) in [4.78, 5) is 87.8. The van der Waals surface area contributed by atoms with Crippen LogP contribution in [0.4, 0.5) is 4.79 Å². The lowest BCUT2D eigenvalue weighted by Gasteiger charge is -2.52. The van der Waals surface area contributed by atoms with Crippen LogP contribution in [0.25, 0.3) is 0 Å². The number of rotatable bonds is 36.